The molecule has 1 amide bonds. The summed E-state index contributed by atoms with van der Waals surface area (Å²) in [5, 5.41) is 3.15. The van der Waals surface area contributed by atoms with Crippen LogP contribution < -0.4 is 11.1 Å². The molecule has 0 saturated heterocycles. The molecule has 0 saturated carbocycles. The Bertz CT molecular complexity index is 395. The van der Waals surface area contributed by atoms with Crippen molar-refractivity contribution in [1.29, 1.82) is 0 Å². The van der Waals surface area contributed by atoms with Crippen molar-refractivity contribution in [3.8, 4) is 0 Å². The molecule has 3 unspecified atom stereocenters. The molecule has 0 aliphatic carbocycles. The van der Waals surface area contributed by atoms with Gasteiger partial charge < -0.3 is 11.1 Å². The van der Waals surface area contributed by atoms with Crippen LogP contribution >= 0.6 is 12.4 Å². The Morgan fingerprint density at radius 2 is 1.81 bits per heavy atom. The third kappa shape index (κ3) is 7.49. The minimum atomic E-state index is -0.133. The maximum atomic E-state index is 12.1. The first-order chi connectivity index (χ1) is 9.54. The summed E-state index contributed by atoms with van der Waals surface area (Å²) in [6.45, 7) is 5.92. The largest absolute Gasteiger partial charge is 0.353 e. The van der Waals surface area contributed by atoms with Gasteiger partial charge in [0, 0.05) is 18.0 Å². The Labute approximate surface area is 135 Å². The minimum absolute atomic E-state index is 0. The smallest absolute Gasteiger partial charge is 0.224 e. The van der Waals surface area contributed by atoms with Gasteiger partial charge >= 0.3 is 0 Å². The molecule has 1 aromatic rings. The van der Waals surface area contributed by atoms with Crippen molar-refractivity contribution in [2.75, 3.05) is 0 Å². The number of benzene rings is 1. The third-order valence-corrected chi connectivity index (χ3v) is 3.81. The average Bonchev–Trinajstić information content (AvgIpc) is 2.45. The van der Waals surface area contributed by atoms with E-state index in [1.54, 1.807) is 0 Å². The molecule has 21 heavy (non-hydrogen) atoms. The normalized spacial score (nSPS) is 14.7. The topological polar surface area (TPSA) is 55.1 Å². The van der Waals surface area contributed by atoms with Crippen molar-refractivity contribution in [3.05, 3.63) is 35.9 Å². The van der Waals surface area contributed by atoms with Gasteiger partial charge in [0.1, 0.15) is 0 Å². The molecule has 3 nitrogen and oxygen atoms in total. The van der Waals surface area contributed by atoms with Gasteiger partial charge in [-0.15, -0.1) is 12.4 Å². The minimum Gasteiger partial charge on any atom is -0.353 e. The summed E-state index contributed by atoms with van der Waals surface area (Å²) in [5.74, 6) is -0.0578. The number of carbonyl (C=O) groups excluding carboxylic acids is 1. The van der Waals surface area contributed by atoms with E-state index in [1.165, 1.54) is 5.56 Å². The van der Waals surface area contributed by atoms with Crippen LogP contribution in [0, 0.1) is 5.92 Å². The van der Waals surface area contributed by atoms with E-state index in [4.69, 9.17) is 5.73 Å². The van der Waals surface area contributed by atoms with E-state index in [1.807, 2.05) is 19.9 Å². The van der Waals surface area contributed by atoms with E-state index >= 15 is 0 Å². The van der Waals surface area contributed by atoms with Gasteiger partial charge in [-0.05, 0) is 31.7 Å². The molecular weight excluding hydrogens is 284 g/mol. The number of rotatable bonds is 8. The van der Waals surface area contributed by atoms with E-state index in [2.05, 4.69) is 36.5 Å². The molecular formula is C17H29ClN2O. The number of nitrogens with two attached hydrogens (primary N) is 1. The van der Waals surface area contributed by atoms with Crippen molar-refractivity contribution < 1.29 is 4.79 Å². The average molecular weight is 313 g/mol. The monoisotopic (exact) mass is 312 g/mol. The highest BCUT2D eigenvalue weighted by molar-refractivity contribution is 5.85. The first-order valence-electron chi connectivity index (χ1n) is 7.64. The molecule has 0 spiro atoms. The lowest BCUT2D eigenvalue weighted by molar-refractivity contribution is -0.125. The summed E-state index contributed by atoms with van der Waals surface area (Å²) in [7, 11) is 0. The summed E-state index contributed by atoms with van der Waals surface area (Å²) in [6.07, 6.45) is 4.07. The van der Waals surface area contributed by atoms with E-state index in [9.17, 15) is 4.79 Å². The van der Waals surface area contributed by atoms with Crippen LogP contribution in [0.4, 0.5) is 0 Å². The quantitative estimate of drug-likeness (QED) is 0.773. The van der Waals surface area contributed by atoms with Crippen molar-refractivity contribution in [2.24, 2.45) is 11.7 Å². The summed E-state index contributed by atoms with van der Waals surface area (Å²) in [6, 6.07) is 10.5. The third-order valence-electron chi connectivity index (χ3n) is 3.81. The SMILES string of the molecule is CCCC(CCc1ccccc1)NC(=O)C(C)C(C)N.Cl. The molecule has 0 radical (unpaired) electrons. The molecule has 1 rings (SSSR count). The van der Waals surface area contributed by atoms with Crippen molar-refractivity contribution in [3.63, 3.8) is 0 Å². The molecule has 4 heteroatoms. The van der Waals surface area contributed by atoms with E-state index in [0.717, 1.165) is 25.7 Å². The number of aryl methyl sites for hydroxylation is 1. The van der Waals surface area contributed by atoms with Gasteiger partial charge in [0.2, 0.25) is 5.91 Å². The van der Waals surface area contributed by atoms with Crippen LogP contribution in [0.1, 0.15) is 45.6 Å². The Morgan fingerprint density at radius 3 is 2.33 bits per heavy atom. The fraction of sp³-hybridized carbons (Fsp3) is 0.588. The van der Waals surface area contributed by atoms with Gasteiger partial charge in [-0.25, -0.2) is 0 Å². The molecule has 0 aliphatic rings. The highest BCUT2D eigenvalue weighted by atomic mass is 35.5. The number of halogens is 1. The first kappa shape index (κ1) is 19.9. The summed E-state index contributed by atoms with van der Waals surface area (Å²) >= 11 is 0. The molecule has 120 valence electrons. The van der Waals surface area contributed by atoms with Gasteiger partial charge in [-0.1, -0.05) is 50.6 Å². The van der Waals surface area contributed by atoms with Gasteiger partial charge in [-0.2, -0.15) is 0 Å². The zero-order valence-corrected chi connectivity index (χ0v) is 14.2. The lowest BCUT2D eigenvalue weighted by atomic mass is 9.99. The lowest BCUT2D eigenvalue weighted by Crippen LogP contribution is -2.43. The fourth-order valence-electron chi connectivity index (χ4n) is 2.19. The predicted molar refractivity (Wildman–Crippen MR) is 91.7 cm³/mol. The van der Waals surface area contributed by atoms with Crippen molar-refractivity contribution in [1.82, 2.24) is 5.32 Å². The van der Waals surface area contributed by atoms with Crippen molar-refractivity contribution in [2.45, 2.75) is 58.5 Å². The second kappa shape index (κ2) is 10.6. The van der Waals surface area contributed by atoms with Crippen LogP contribution in [0.15, 0.2) is 30.3 Å². The molecule has 0 aliphatic heterocycles. The summed E-state index contributed by atoms with van der Waals surface area (Å²) in [5.41, 5.74) is 7.11. The number of nitrogens with one attached hydrogen (secondary N) is 1. The van der Waals surface area contributed by atoms with Crippen molar-refractivity contribution >= 4 is 18.3 Å². The standard InChI is InChI=1S/C17H28N2O.ClH/c1-4-8-16(19-17(20)13(2)14(3)18)12-11-15-9-6-5-7-10-15;/h5-7,9-10,13-14,16H,4,8,11-12,18H2,1-3H3,(H,19,20);1H. The highest BCUT2D eigenvalue weighted by Crippen LogP contribution is 2.10. The lowest BCUT2D eigenvalue weighted by Gasteiger charge is -2.22. The maximum Gasteiger partial charge on any atom is 0.224 e. The number of hydrogen-bond acceptors (Lipinski definition) is 2. The van der Waals surface area contributed by atoms with E-state index in [0.29, 0.717) is 0 Å². The zero-order valence-electron chi connectivity index (χ0n) is 13.3. The predicted octanol–water partition coefficient (Wildman–Crippen LogP) is 3.31. The number of hydrogen-bond donors (Lipinski definition) is 2. The van der Waals surface area contributed by atoms with Crippen LogP contribution in [0.3, 0.4) is 0 Å². The van der Waals surface area contributed by atoms with Crippen LogP contribution in [-0.2, 0) is 11.2 Å². The van der Waals surface area contributed by atoms with Crippen LogP contribution in [0.25, 0.3) is 0 Å². The Hall–Kier alpha value is -1.06. The summed E-state index contributed by atoms with van der Waals surface area (Å²) < 4.78 is 0. The zero-order chi connectivity index (χ0) is 15.0. The van der Waals surface area contributed by atoms with Crippen LogP contribution in [-0.4, -0.2) is 18.0 Å². The number of carbonyl (C=O) groups is 1. The van der Waals surface area contributed by atoms with E-state index < -0.39 is 0 Å². The fourth-order valence-corrected chi connectivity index (χ4v) is 2.19. The van der Waals surface area contributed by atoms with Crippen LogP contribution in [0.5, 0.6) is 0 Å². The Kier molecular flexibility index (Phi) is 10.1. The first-order valence-corrected chi connectivity index (χ1v) is 7.64. The molecule has 0 fully saturated rings. The Morgan fingerprint density at radius 1 is 1.19 bits per heavy atom. The molecule has 0 heterocycles. The summed E-state index contributed by atoms with van der Waals surface area (Å²) in [4.78, 5) is 12.1. The highest BCUT2D eigenvalue weighted by Gasteiger charge is 2.20. The molecule has 1 aromatic carbocycles. The molecule has 3 N–H and O–H groups in total. The van der Waals surface area contributed by atoms with Gasteiger partial charge in [0.15, 0.2) is 0 Å². The molecule has 3 atom stereocenters. The maximum absolute atomic E-state index is 12.1. The van der Waals surface area contributed by atoms with Gasteiger partial charge in [-0.3, -0.25) is 4.79 Å². The Balaban J connectivity index is 0.00000400. The molecule has 0 bridgehead atoms. The number of amides is 1. The second-order valence-corrected chi connectivity index (χ2v) is 5.67. The van der Waals surface area contributed by atoms with E-state index in [-0.39, 0.29) is 36.3 Å². The second-order valence-electron chi connectivity index (χ2n) is 5.67. The van der Waals surface area contributed by atoms with Crippen LogP contribution in [0.2, 0.25) is 0 Å². The van der Waals surface area contributed by atoms with Gasteiger partial charge in [0.25, 0.3) is 0 Å². The molecule has 0 aromatic heterocycles. The van der Waals surface area contributed by atoms with Gasteiger partial charge in [0.05, 0.1) is 0 Å².